The van der Waals surface area contributed by atoms with E-state index in [4.69, 9.17) is 11.6 Å². The predicted molar refractivity (Wildman–Crippen MR) is 77.0 cm³/mol. The average molecular weight is 318 g/mol. The Balaban J connectivity index is 2.39. The fourth-order valence-electron chi connectivity index (χ4n) is 1.70. The number of hydrogen-bond acceptors (Lipinski definition) is 1. The number of alkyl halides is 1. The third-order valence-corrected chi connectivity index (χ3v) is 3.92. The average Bonchev–Trinajstić information content (AvgIpc) is 2.32. The fourth-order valence-corrected chi connectivity index (χ4v) is 2.13. The Morgan fingerprint density at radius 1 is 1.24 bits per heavy atom. The largest absolute Gasteiger partial charge is 0.294 e. The van der Waals surface area contributed by atoms with Gasteiger partial charge in [-0.25, -0.2) is 0 Å². The van der Waals surface area contributed by atoms with Gasteiger partial charge in [0.05, 0.1) is 0 Å². The maximum Gasteiger partial charge on any atom is 0.162 e. The molecular formula is C14H18BrClO. The van der Waals surface area contributed by atoms with Crippen molar-refractivity contribution >= 4 is 33.3 Å². The van der Waals surface area contributed by atoms with Gasteiger partial charge in [0.15, 0.2) is 5.78 Å². The fraction of sp³-hybridized carbons (Fsp3) is 0.500. The van der Waals surface area contributed by atoms with E-state index in [0.717, 1.165) is 47.2 Å². The second-order valence-corrected chi connectivity index (χ2v) is 5.47. The van der Waals surface area contributed by atoms with E-state index >= 15 is 0 Å². The van der Waals surface area contributed by atoms with Crippen LogP contribution >= 0.6 is 27.5 Å². The standard InChI is InChI=1S/C14H18BrClO/c1-11-10-12(7-8-13(11)15)14(17)6-4-2-3-5-9-16/h7-8,10H,2-6,9H2,1H3. The van der Waals surface area contributed by atoms with Crippen LogP contribution in [0.4, 0.5) is 0 Å². The topological polar surface area (TPSA) is 17.1 Å². The highest BCUT2D eigenvalue weighted by molar-refractivity contribution is 9.10. The molecule has 1 rings (SSSR count). The summed E-state index contributed by atoms with van der Waals surface area (Å²) in [5.41, 5.74) is 1.93. The first kappa shape index (κ1) is 14.7. The number of rotatable bonds is 7. The van der Waals surface area contributed by atoms with Crippen LogP contribution < -0.4 is 0 Å². The minimum Gasteiger partial charge on any atom is -0.294 e. The Morgan fingerprint density at radius 3 is 2.59 bits per heavy atom. The zero-order valence-corrected chi connectivity index (χ0v) is 12.5. The molecule has 0 atom stereocenters. The van der Waals surface area contributed by atoms with Gasteiger partial charge in [0, 0.05) is 22.3 Å². The summed E-state index contributed by atoms with van der Waals surface area (Å²) >= 11 is 9.04. The van der Waals surface area contributed by atoms with Gasteiger partial charge in [-0.3, -0.25) is 4.79 Å². The summed E-state index contributed by atoms with van der Waals surface area (Å²) < 4.78 is 1.05. The van der Waals surface area contributed by atoms with E-state index < -0.39 is 0 Å². The van der Waals surface area contributed by atoms with Crippen molar-refractivity contribution in [3.63, 3.8) is 0 Å². The maximum absolute atomic E-state index is 11.9. The molecule has 1 aromatic carbocycles. The zero-order valence-electron chi connectivity index (χ0n) is 10.1. The van der Waals surface area contributed by atoms with Gasteiger partial charge < -0.3 is 0 Å². The molecule has 0 aliphatic heterocycles. The number of hydrogen-bond donors (Lipinski definition) is 0. The van der Waals surface area contributed by atoms with Crippen LogP contribution in [0.3, 0.4) is 0 Å². The van der Waals surface area contributed by atoms with E-state index in [1.54, 1.807) is 0 Å². The normalized spacial score (nSPS) is 10.5. The molecule has 3 heteroatoms. The quantitative estimate of drug-likeness (QED) is 0.387. The lowest BCUT2D eigenvalue weighted by atomic mass is 10.0. The lowest BCUT2D eigenvalue weighted by Gasteiger charge is -2.04. The molecule has 0 saturated heterocycles. The van der Waals surface area contributed by atoms with E-state index in [2.05, 4.69) is 15.9 Å². The highest BCUT2D eigenvalue weighted by Crippen LogP contribution is 2.18. The van der Waals surface area contributed by atoms with Crippen LogP contribution in [0.5, 0.6) is 0 Å². The molecule has 94 valence electrons. The Kier molecular flexibility index (Phi) is 6.83. The molecule has 0 fully saturated rings. The van der Waals surface area contributed by atoms with Crippen LogP contribution in [0.1, 0.15) is 48.0 Å². The highest BCUT2D eigenvalue weighted by atomic mass is 79.9. The summed E-state index contributed by atoms with van der Waals surface area (Å²) in [6.45, 7) is 2.00. The number of Topliss-reactive ketones (excluding diaryl/α,β-unsaturated/α-hetero) is 1. The van der Waals surface area contributed by atoms with Gasteiger partial charge >= 0.3 is 0 Å². The SMILES string of the molecule is Cc1cc(C(=O)CCCCCCCl)ccc1Br. The van der Waals surface area contributed by atoms with Gasteiger partial charge in [-0.2, -0.15) is 0 Å². The lowest BCUT2D eigenvalue weighted by molar-refractivity contribution is 0.0979. The molecule has 0 aromatic heterocycles. The van der Waals surface area contributed by atoms with Gasteiger partial charge in [-0.15, -0.1) is 11.6 Å². The van der Waals surface area contributed by atoms with Crippen molar-refractivity contribution in [2.24, 2.45) is 0 Å². The molecule has 1 nitrogen and oxygen atoms in total. The molecule has 0 saturated carbocycles. The molecule has 17 heavy (non-hydrogen) atoms. The molecule has 0 unspecified atom stereocenters. The smallest absolute Gasteiger partial charge is 0.162 e. The molecule has 0 radical (unpaired) electrons. The molecular weight excluding hydrogens is 300 g/mol. The molecule has 0 amide bonds. The predicted octanol–water partition coefficient (Wildman–Crippen LogP) is 5.13. The van der Waals surface area contributed by atoms with Crippen molar-refractivity contribution in [1.29, 1.82) is 0 Å². The van der Waals surface area contributed by atoms with Crippen LogP contribution in [-0.2, 0) is 0 Å². The van der Waals surface area contributed by atoms with E-state index in [-0.39, 0.29) is 5.78 Å². The van der Waals surface area contributed by atoms with Crippen LogP contribution in [0.15, 0.2) is 22.7 Å². The van der Waals surface area contributed by atoms with Crippen molar-refractivity contribution in [3.05, 3.63) is 33.8 Å². The molecule has 0 heterocycles. The molecule has 0 bridgehead atoms. The summed E-state index contributed by atoms with van der Waals surface area (Å²) in [6.07, 6.45) is 4.87. The summed E-state index contributed by atoms with van der Waals surface area (Å²) in [5.74, 6) is 0.964. The first-order valence-electron chi connectivity index (χ1n) is 6.00. The van der Waals surface area contributed by atoms with Crippen LogP contribution in [-0.4, -0.2) is 11.7 Å². The zero-order chi connectivity index (χ0) is 12.7. The monoisotopic (exact) mass is 316 g/mol. The second kappa shape index (κ2) is 7.88. The van der Waals surface area contributed by atoms with Gasteiger partial charge in [-0.05, 0) is 37.5 Å². The van der Waals surface area contributed by atoms with Crippen molar-refractivity contribution in [2.75, 3.05) is 5.88 Å². The number of ketones is 1. The third kappa shape index (κ3) is 5.22. The van der Waals surface area contributed by atoms with Gasteiger partial charge in [-0.1, -0.05) is 34.8 Å². The lowest BCUT2D eigenvalue weighted by Crippen LogP contribution is -1.99. The van der Waals surface area contributed by atoms with E-state index in [1.165, 1.54) is 0 Å². The van der Waals surface area contributed by atoms with E-state index in [9.17, 15) is 4.79 Å². The van der Waals surface area contributed by atoms with Crippen LogP contribution in [0.2, 0.25) is 0 Å². The Morgan fingerprint density at radius 2 is 1.94 bits per heavy atom. The number of unbranched alkanes of at least 4 members (excludes halogenated alkanes) is 3. The summed E-state index contributed by atoms with van der Waals surface area (Å²) in [4.78, 5) is 11.9. The van der Waals surface area contributed by atoms with Gasteiger partial charge in [0.2, 0.25) is 0 Å². The number of carbonyl (C=O) groups excluding carboxylic acids is 1. The number of halogens is 2. The summed E-state index contributed by atoms with van der Waals surface area (Å²) in [5, 5.41) is 0. The number of aryl methyl sites for hydroxylation is 1. The molecule has 0 N–H and O–H groups in total. The number of carbonyl (C=O) groups is 1. The number of benzene rings is 1. The van der Waals surface area contributed by atoms with Crippen LogP contribution in [0.25, 0.3) is 0 Å². The van der Waals surface area contributed by atoms with Crippen molar-refractivity contribution < 1.29 is 4.79 Å². The molecule has 0 spiro atoms. The van der Waals surface area contributed by atoms with Crippen LogP contribution in [0, 0.1) is 6.92 Å². The van der Waals surface area contributed by atoms with E-state index in [1.807, 2.05) is 25.1 Å². The molecule has 1 aromatic rings. The van der Waals surface area contributed by atoms with Crippen molar-refractivity contribution in [1.82, 2.24) is 0 Å². The Bertz CT molecular complexity index is 376. The second-order valence-electron chi connectivity index (χ2n) is 4.24. The highest BCUT2D eigenvalue weighted by Gasteiger charge is 2.06. The van der Waals surface area contributed by atoms with Gasteiger partial charge in [0.1, 0.15) is 0 Å². The Labute approximate surface area is 117 Å². The maximum atomic E-state index is 11.9. The first-order valence-corrected chi connectivity index (χ1v) is 7.33. The Hall–Kier alpha value is -0.340. The summed E-state index contributed by atoms with van der Waals surface area (Å²) in [7, 11) is 0. The van der Waals surface area contributed by atoms with Crippen molar-refractivity contribution in [2.45, 2.75) is 39.0 Å². The van der Waals surface area contributed by atoms with Gasteiger partial charge in [0.25, 0.3) is 0 Å². The summed E-state index contributed by atoms with van der Waals surface area (Å²) in [6, 6.07) is 5.78. The van der Waals surface area contributed by atoms with Crippen molar-refractivity contribution in [3.8, 4) is 0 Å². The minimum atomic E-state index is 0.242. The molecule has 0 aliphatic rings. The third-order valence-electron chi connectivity index (χ3n) is 2.77. The first-order chi connectivity index (χ1) is 8.15. The molecule has 0 aliphatic carbocycles. The minimum absolute atomic E-state index is 0.242. The van der Waals surface area contributed by atoms with E-state index in [0.29, 0.717) is 6.42 Å².